The van der Waals surface area contributed by atoms with Crippen molar-refractivity contribution in [2.24, 2.45) is 0 Å². The van der Waals surface area contributed by atoms with Gasteiger partial charge in [-0.1, -0.05) is 65.2 Å². The zero-order valence-corrected chi connectivity index (χ0v) is 24.0. The Morgan fingerprint density at radius 3 is 1.20 bits per heavy atom. The molecule has 2 amide bonds. The number of anilines is 2. The summed E-state index contributed by atoms with van der Waals surface area (Å²) in [4.78, 5) is 25.3. The van der Waals surface area contributed by atoms with Crippen molar-refractivity contribution in [3.05, 3.63) is 83.9 Å². The van der Waals surface area contributed by atoms with Crippen molar-refractivity contribution >= 4 is 23.2 Å². The Kier molecular flexibility index (Phi) is 13.6. The number of hydrogen-bond donors (Lipinski definition) is 2. The third-order valence-corrected chi connectivity index (χ3v) is 6.67. The fourth-order valence-electron chi connectivity index (χ4n) is 4.24. The lowest BCUT2D eigenvalue weighted by atomic mass is 10.1. The zero-order chi connectivity index (χ0) is 28.4. The average molecular weight is 545 g/mol. The van der Waals surface area contributed by atoms with Gasteiger partial charge in [0.05, 0.1) is 13.2 Å². The summed E-state index contributed by atoms with van der Waals surface area (Å²) in [5.41, 5.74) is 2.39. The Morgan fingerprint density at radius 2 is 0.850 bits per heavy atom. The number of hydrogen-bond acceptors (Lipinski definition) is 4. The molecule has 0 heterocycles. The van der Waals surface area contributed by atoms with Gasteiger partial charge in [0.1, 0.15) is 11.5 Å². The molecule has 0 spiro atoms. The van der Waals surface area contributed by atoms with E-state index in [-0.39, 0.29) is 11.8 Å². The third kappa shape index (κ3) is 11.1. The standard InChI is InChI=1S/C34H44N2O4/c1-3-5-7-9-11-25-39-31-21-13-27(14-22-31)33(37)35-29-17-19-30(20-18-29)36-34(38)28-15-23-32(24-16-28)40-26-12-10-8-6-4-2/h13-24H,3-12,25-26H2,1-2H3,(H,35,37)(H,36,38). The molecule has 3 aromatic rings. The molecule has 6 nitrogen and oxygen atoms in total. The van der Waals surface area contributed by atoms with Crippen molar-refractivity contribution in [1.82, 2.24) is 0 Å². The van der Waals surface area contributed by atoms with E-state index in [1.807, 2.05) is 24.3 Å². The first-order valence-corrected chi connectivity index (χ1v) is 14.8. The van der Waals surface area contributed by atoms with Gasteiger partial charge < -0.3 is 20.1 Å². The summed E-state index contributed by atoms with van der Waals surface area (Å²) in [6.07, 6.45) is 11.9. The Balaban J connectivity index is 1.40. The number of benzene rings is 3. The molecule has 0 saturated carbocycles. The summed E-state index contributed by atoms with van der Waals surface area (Å²) >= 11 is 0. The van der Waals surface area contributed by atoms with E-state index >= 15 is 0 Å². The average Bonchev–Trinajstić information content (AvgIpc) is 2.98. The zero-order valence-electron chi connectivity index (χ0n) is 24.0. The van der Waals surface area contributed by atoms with Crippen molar-refractivity contribution in [2.75, 3.05) is 23.8 Å². The minimum absolute atomic E-state index is 0.203. The van der Waals surface area contributed by atoms with Crippen LogP contribution in [0.25, 0.3) is 0 Å². The van der Waals surface area contributed by atoms with Crippen LogP contribution in [0.3, 0.4) is 0 Å². The second-order valence-electron chi connectivity index (χ2n) is 10.1. The van der Waals surface area contributed by atoms with E-state index in [1.54, 1.807) is 48.5 Å². The third-order valence-electron chi connectivity index (χ3n) is 6.67. The molecule has 3 rings (SSSR count). The molecule has 0 aliphatic heterocycles. The van der Waals surface area contributed by atoms with Gasteiger partial charge in [0.25, 0.3) is 11.8 Å². The molecule has 40 heavy (non-hydrogen) atoms. The van der Waals surface area contributed by atoms with Crippen LogP contribution in [-0.4, -0.2) is 25.0 Å². The fraction of sp³-hybridized carbons (Fsp3) is 0.412. The smallest absolute Gasteiger partial charge is 0.255 e. The first-order chi connectivity index (χ1) is 19.6. The van der Waals surface area contributed by atoms with Crippen LogP contribution in [0.15, 0.2) is 72.8 Å². The molecule has 2 N–H and O–H groups in total. The minimum Gasteiger partial charge on any atom is -0.494 e. The van der Waals surface area contributed by atoms with Crippen LogP contribution < -0.4 is 20.1 Å². The number of carbonyl (C=O) groups excluding carboxylic acids is 2. The lowest BCUT2D eigenvalue weighted by Crippen LogP contribution is -2.13. The van der Waals surface area contributed by atoms with E-state index in [0.29, 0.717) is 35.7 Å². The largest absolute Gasteiger partial charge is 0.494 e. The fourth-order valence-corrected chi connectivity index (χ4v) is 4.24. The molecule has 0 bridgehead atoms. The minimum atomic E-state index is -0.203. The van der Waals surface area contributed by atoms with Crippen LogP contribution in [0, 0.1) is 0 Å². The molecule has 0 fully saturated rings. The van der Waals surface area contributed by atoms with Crippen LogP contribution >= 0.6 is 0 Å². The van der Waals surface area contributed by atoms with Gasteiger partial charge in [-0.3, -0.25) is 9.59 Å². The summed E-state index contributed by atoms with van der Waals surface area (Å²) in [7, 11) is 0. The first-order valence-electron chi connectivity index (χ1n) is 14.8. The topological polar surface area (TPSA) is 76.7 Å². The second kappa shape index (κ2) is 17.7. The molecule has 0 aliphatic rings. The molecule has 214 valence electrons. The molecule has 0 atom stereocenters. The van der Waals surface area contributed by atoms with Gasteiger partial charge in [-0.25, -0.2) is 0 Å². The quantitative estimate of drug-likeness (QED) is 0.157. The van der Waals surface area contributed by atoms with E-state index < -0.39 is 0 Å². The number of amides is 2. The van der Waals surface area contributed by atoms with Crippen molar-refractivity contribution in [1.29, 1.82) is 0 Å². The summed E-state index contributed by atoms with van der Waals surface area (Å²) in [5.74, 6) is 1.14. The maximum atomic E-state index is 12.7. The van der Waals surface area contributed by atoms with E-state index in [1.165, 1.54) is 51.4 Å². The van der Waals surface area contributed by atoms with Gasteiger partial charge in [-0.2, -0.15) is 0 Å². The summed E-state index contributed by atoms with van der Waals surface area (Å²) < 4.78 is 11.6. The normalized spacial score (nSPS) is 10.7. The molecule has 0 saturated heterocycles. The van der Waals surface area contributed by atoms with Crippen molar-refractivity contribution < 1.29 is 19.1 Å². The van der Waals surface area contributed by atoms with Gasteiger partial charge in [0.15, 0.2) is 0 Å². The maximum absolute atomic E-state index is 12.7. The number of unbranched alkanes of at least 4 members (excludes halogenated alkanes) is 8. The highest BCUT2D eigenvalue weighted by Gasteiger charge is 2.09. The highest BCUT2D eigenvalue weighted by molar-refractivity contribution is 6.05. The number of carbonyl (C=O) groups is 2. The molecule has 0 aromatic heterocycles. The predicted molar refractivity (Wildman–Crippen MR) is 164 cm³/mol. The molecular weight excluding hydrogens is 500 g/mol. The second-order valence-corrected chi connectivity index (χ2v) is 10.1. The summed E-state index contributed by atoms with van der Waals surface area (Å²) in [6, 6.07) is 21.4. The highest BCUT2D eigenvalue weighted by Crippen LogP contribution is 2.19. The lowest BCUT2D eigenvalue weighted by molar-refractivity contribution is 0.101. The molecular formula is C34H44N2O4. The van der Waals surface area contributed by atoms with Gasteiger partial charge in [-0.15, -0.1) is 0 Å². The number of ether oxygens (including phenoxy) is 2. The van der Waals surface area contributed by atoms with E-state index in [2.05, 4.69) is 24.5 Å². The maximum Gasteiger partial charge on any atom is 0.255 e. The summed E-state index contributed by atoms with van der Waals surface area (Å²) in [6.45, 7) is 5.80. The monoisotopic (exact) mass is 544 g/mol. The Morgan fingerprint density at radius 1 is 0.500 bits per heavy atom. The van der Waals surface area contributed by atoms with Gasteiger partial charge in [0.2, 0.25) is 0 Å². The van der Waals surface area contributed by atoms with Crippen molar-refractivity contribution in [3.63, 3.8) is 0 Å². The van der Waals surface area contributed by atoms with Gasteiger partial charge in [-0.05, 0) is 85.6 Å². The number of nitrogens with one attached hydrogen (secondary N) is 2. The lowest BCUT2D eigenvalue weighted by Gasteiger charge is -2.10. The van der Waals surface area contributed by atoms with Gasteiger partial charge in [0, 0.05) is 22.5 Å². The molecule has 6 heteroatoms. The van der Waals surface area contributed by atoms with Crippen LogP contribution in [0.1, 0.15) is 98.8 Å². The Bertz CT molecular complexity index is 1050. The van der Waals surface area contributed by atoms with Crippen LogP contribution in [0.2, 0.25) is 0 Å². The van der Waals surface area contributed by atoms with E-state index in [9.17, 15) is 9.59 Å². The SMILES string of the molecule is CCCCCCCOc1ccc(C(=O)Nc2ccc(NC(=O)c3ccc(OCCCCCCC)cc3)cc2)cc1. The predicted octanol–water partition coefficient (Wildman–Crippen LogP) is 8.89. The number of rotatable bonds is 18. The van der Waals surface area contributed by atoms with Crippen molar-refractivity contribution in [2.45, 2.75) is 78.1 Å². The van der Waals surface area contributed by atoms with Gasteiger partial charge >= 0.3 is 0 Å². The highest BCUT2D eigenvalue weighted by atomic mass is 16.5. The van der Waals surface area contributed by atoms with E-state index in [4.69, 9.17) is 9.47 Å². The van der Waals surface area contributed by atoms with Crippen LogP contribution in [0.4, 0.5) is 11.4 Å². The molecule has 3 aromatic carbocycles. The van der Waals surface area contributed by atoms with Crippen LogP contribution in [0.5, 0.6) is 11.5 Å². The van der Waals surface area contributed by atoms with E-state index in [0.717, 1.165) is 24.3 Å². The Hall–Kier alpha value is -3.80. The van der Waals surface area contributed by atoms with Crippen molar-refractivity contribution in [3.8, 4) is 11.5 Å². The van der Waals surface area contributed by atoms with Crippen LogP contribution in [-0.2, 0) is 0 Å². The Labute approximate surface area is 239 Å². The molecule has 0 radical (unpaired) electrons. The molecule has 0 aliphatic carbocycles. The summed E-state index contributed by atoms with van der Waals surface area (Å²) in [5, 5.41) is 5.78. The first kappa shape index (κ1) is 30.7. The molecule has 0 unspecified atom stereocenters.